The van der Waals surface area contributed by atoms with E-state index in [1.807, 2.05) is 20.8 Å². The zero-order chi connectivity index (χ0) is 11.4. The van der Waals surface area contributed by atoms with Gasteiger partial charge in [0.05, 0.1) is 10.9 Å². The van der Waals surface area contributed by atoms with Crippen LogP contribution in [-0.4, -0.2) is 15.7 Å². The quantitative estimate of drug-likeness (QED) is 0.398. The van der Waals surface area contributed by atoms with E-state index in [9.17, 15) is 4.79 Å². The molecular weight excluding hydrogens is 219 g/mol. The molecule has 0 saturated heterocycles. The second-order valence-electron chi connectivity index (χ2n) is 3.48. The molecule has 0 saturated carbocycles. The van der Waals surface area contributed by atoms with Crippen LogP contribution in [0.15, 0.2) is 4.79 Å². The van der Waals surface area contributed by atoms with Gasteiger partial charge in [0.2, 0.25) is 0 Å². The maximum Gasteiger partial charge on any atom is 1.00 e. The molecular formula is C10H15LiN2O2S. The first kappa shape index (κ1) is 15.7. The van der Waals surface area contributed by atoms with Crippen LogP contribution in [0.1, 0.15) is 26.3 Å². The van der Waals surface area contributed by atoms with Gasteiger partial charge >= 0.3 is 18.9 Å². The molecule has 0 atom stereocenters. The Labute approximate surface area is 112 Å². The van der Waals surface area contributed by atoms with Crippen LogP contribution in [0.5, 0.6) is 0 Å². The third-order valence-corrected chi connectivity index (χ3v) is 2.22. The van der Waals surface area contributed by atoms with Gasteiger partial charge in [-0.05, 0) is 20.3 Å². The molecule has 0 aliphatic carbocycles. The number of H-pyrrole nitrogens is 1. The molecule has 0 unspecified atom stereocenters. The average Bonchev–Trinajstić information content (AvgIpc) is 2.16. The Morgan fingerprint density at radius 2 is 2.19 bits per heavy atom. The zero-order valence-electron chi connectivity index (χ0n) is 10.2. The predicted molar refractivity (Wildman–Crippen MR) is 60.3 cm³/mol. The molecule has 0 amide bonds. The van der Waals surface area contributed by atoms with Gasteiger partial charge in [-0.3, -0.25) is 0 Å². The van der Waals surface area contributed by atoms with E-state index in [2.05, 4.69) is 11.2 Å². The van der Waals surface area contributed by atoms with Crippen LogP contribution in [0.2, 0.25) is 0 Å². The average molecular weight is 234 g/mol. The van der Waals surface area contributed by atoms with Crippen molar-refractivity contribution in [1.82, 2.24) is 9.55 Å². The smallest absolute Gasteiger partial charge is 0.412 e. The van der Waals surface area contributed by atoms with E-state index in [0.29, 0.717) is 23.5 Å². The molecule has 4 nitrogen and oxygen atoms in total. The van der Waals surface area contributed by atoms with Gasteiger partial charge in [-0.25, -0.2) is 0 Å². The van der Waals surface area contributed by atoms with Crippen molar-refractivity contribution in [3.05, 3.63) is 26.9 Å². The molecule has 1 rings (SSSR count). The second kappa shape index (κ2) is 7.08. The summed E-state index contributed by atoms with van der Waals surface area (Å²) in [6, 6.07) is 0. The third kappa shape index (κ3) is 4.26. The number of nitrogens with zero attached hydrogens (tertiary/aromatic N) is 1. The Hall–Kier alpha value is -0.343. The predicted octanol–water partition coefficient (Wildman–Crippen LogP) is -1.35. The van der Waals surface area contributed by atoms with Crippen LogP contribution in [0, 0.1) is 11.0 Å². The molecule has 0 aliphatic rings. The van der Waals surface area contributed by atoms with Crippen molar-refractivity contribution in [1.29, 1.82) is 0 Å². The molecule has 0 radical (unpaired) electrons. The van der Waals surface area contributed by atoms with Crippen molar-refractivity contribution in [2.75, 3.05) is 0 Å². The fraction of sp³-hybridized carbons (Fsp3) is 0.600. The topological polar surface area (TPSA) is 47.0 Å². The Morgan fingerprint density at radius 3 is 2.69 bits per heavy atom. The minimum Gasteiger partial charge on any atom is -0.412 e. The van der Waals surface area contributed by atoms with Crippen LogP contribution in [0.3, 0.4) is 0 Å². The van der Waals surface area contributed by atoms with Crippen molar-refractivity contribution < 1.29 is 23.6 Å². The summed E-state index contributed by atoms with van der Waals surface area (Å²) >= 11 is 5.00. The van der Waals surface area contributed by atoms with E-state index in [4.69, 9.17) is 17.0 Å². The summed E-state index contributed by atoms with van der Waals surface area (Å²) in [6.45, 7) is 6.10. The van der Waals surface area contributed by atoms with Crippen LogP contribution in [0.4, 0.5) is 0 Å². The number of hydrogen-bond donors (Lipinski definition) is 1. The van der Waals surface area contributed by atoms with Gasteiger partial charge in [0.1, 0.15) is 12.3 Å². The van der Waals surface area contributed by atoms with Crippen LogP contribution in [0.25, 0.3) is 0 Å². The molecule has 16 heavy (non-hydrogen) atoms. The molecule has 84 valence electrons. The van der Waals surface area contributed by atoms with E-state index in [1.165, 1.54) is 0 Å². The Bertz CT molecular complexity index is 439. The molecule has 1 N–H and O–H groups in total. The normalized spacial score (nSPS) is 10.2. The van der Waals surface area contributed by atoms with Crippen molar-refractivity contribution in [3.8, 4) is 0 Å². The van der Waals surface area contributed by atoms with Gasteiger partial charge in [-0.15, -0.1) is 12.2 Å². The van der Waals surface area contributed by atoms with E-state index >= 15 is 0 Å². The number of aromatic amines is 1. The third-order valence-electron chi connectivity index (χ3n) is 1.90. The summed E-state index contributed by atoms with van der Waals surface area (Å²) in [6.07, 6.45) is 3.68. The van der Waals surface area contributed by atoms with Crippen molar-refractivity contribution >= 4 is 12.2 Å². The van der Waals surface area contributed by atoms with E-state index < -0.39 is 0 Å². The number of nitrogens with one attached hydrogen (secondary N) is 1. The minimum atomic E-state index is -0.164. The van der Waals surface area contributed by atoms with E-state index in [1.54, 1.807) is 4.57 Å². The number of hydrogen-bond acceptors (Lipinski definition) is 3. The first-order valence-electron chi connectivity index (χ1n) is 4.91. The minimum absolute atomic E-state index is 0. The van der Waals surface area contributed by atoms with E-state index in [0.717, 1.165) is 0 Å². The molecule has 1 aromatic rings. The molecule has 1 aromatic heterocycles. The number of aryl methyl sites for hydroxylation is 1. The summed E-state index contributed by atoms with van der Waals surface area (Å²) in [7, 11) is 0. The fourth-order valence-corrected chi connectivity index (χ4v) is 1.25. The van der Waals surface area contributed by atoms with Gasteiger partial charge in [-0.1, -0.05) is 18.7 Å². The second-order valence-corrected chi connectivity index (χ2v) is 3.86. The molecule has 0 spiro atoms. The summed E-state index contributed by atoms with van der Waals surface area (Å²) in [5.74, 6) is 0. The fourth-order valence-electron chi connectivity index (χ4n) is 1.06. The maximum atomic E-state index is 11.4. The van der Waals surface area contributed by atoms with Gasteiger partial charge in [-0.2, -0.15) is 0 Å². The first-order chi connectivity index (χ1) is 7.04. The van der Waals surface area contributed by atoms with Crippen molar-refractivity contribution in [2.24, 2.45) is 0 Å². The molecule has 0 aliphatic heterocycles. The number of rotatable bonds is 4. The summed E-state index contributed by atoms with van der Waals surface area (Å²) in [5, 5.41) is 0. The van der Waals surface area contributed by atoms with Crippen LogP contribution < -0.4 is 24.4 Å². The standard InChI is InChI=1S/C10H15N2O2S.Li/c1-4-8-5-12(6-14-7(2)3)10(15)11-9(8)13;/h7H,4,6H2,1-3H3,(H,11,13,15);/q-1;+1. The number of ether oxygens (including phenoxy) is 1. The van der Waals surface area contributed by atoms with Crippen LogP contribution >= 0.6 is 12.2 Å². The molecule has 0 fully saturated rings. The van der Waals surface area contributed by atoms with Gasteiger partial charge in [0.15, 0.2) is 0 Å². The maximum absolute atomic E-state index is 11.4. The molecule has 1 heterocycles. The molecule has 0 bridgehead atoms. The molecule has 0 aromatic carbocycles. The Morgan fingerprint density at radius 1 is 1.56 bits per heavy atom. The van der Waals surface area contributed by atoms with Crippen molar-refractivity contribution in [2.45, 2.75) is 40.0 Å². The molecule has 6 heteroatoms. The number of aromatic nitrogens is 2. The summed E-state index contributed by atoms with van der Waals surface area (Å²) in [5.41, 5.74) is 0.430. The van der Waals surface area contributed by atoms with Crippen molar-refractivity contribution in [3.63, 3.8) is 0 Å². The Kier molecular flexibility index (Phi) is 6.92. The SMILES string of the molecule is CCc1[c-]n(COC(C)C)c(=S)[nH]c1=O.[Li+]. The monoisotopic (exact) mass is 234 g/mol. The summed E-state index contributed by atoms with van der Waals surface area (Å²) < 4.78 is 7.34. The largest absolute Gasteiger partial charge is 1.00 e. The van der Waals surface area contributed by atoms with Crippen LogP contribution in [-0.2, 0) is 17.9 Å². The zero-order valence-corrected chi connectivity index (χ0v) is 11.0. The summed E-state index contributed by atoms with van der Waals surface area (Å²) in [4.78, 5) is 13.9. The first-order valence-corrected chi connectivity index (χ1v) is 5.32. The van der Waals surface area contributed by atoms with Gasteiger partial charge < -0.3 is 19.1 Å². The Balaban J connectivity index is 0.00000225. The van der Waals surface area contributed by atoms with Gasteiger partial charge in [0, 0.05) is 0 Å². The van der Waals surface area contributed by atoms with Gasteiger partial charge in [0.25, 0.3) is 0 Å². The van der Waals surface area contributed by atoms with E-state index in [-0.39, 0.29) is 30.5 Å².